The summed E-state index contributed by atoms with van der Waals surface area (Å²) in [5, 5.41) is 0. The lowest BCUT2D eigenvalue weighted by molar-refractivity contribution is 0.140. The maximum Gasteiger partial charge on any atom is 0.0589 e. The van der Waals surface area contributed by atoms with E-state index in [9.17, 15) is 0 Å². The highest BCUT2D eigenvalue weighted by atomic mass is 16.5. The second kappa shape index (κ2) is 4.73. The summed E-state index contributed by atoms with van der Waals surface area (Å²) in [5.74, 6) is 0. The van der Waals surface area contributed by atoms with Gasteiger partial charge in [-0.2, -0.15) is 0 Å². The lowest BCUT2D eigenvalue weighted by Gasteiger charge is -2.22. The van der Waals surface area contributed by atoms with Crippen LogP contribution in [0.1, 0.15) is 26.2 Å². The molecular formula is C9H19NO. The first kappa shape index (κ1) is 9.01. The Hall–Kier alpha value is -0.0800. The standard InChI is InChI=1S/C9H19NO/c1-3-9-5-4-6-10(9)7-8-11-2/h9H,3-8H2,1-2H3/t9-/m1/s1. The number of ether oxygens (including phenoxy) is 1. The molecule has 0 N–H and O–H groups in total. The molecule has 2 heteroatoms. The van der Waals surface area contributed by atoms with Gasteiger partial charge in [-0.25, -0.2) is 0 Å². The molecule has 0 saturated carbocycles. The van der Waals surface area contributed by atoms with E-state index in [0.717, 1.165) is 19.2 Å². The van der Waals surface area contributed by atoms with Crippen LogP contribution < -0.4 is 0 Å². The zero-order valence-electron chi connectivity index (χ0n) is 7.68. The fourth-order valence-electron chi connectivity index (χ4n) is 1.86. The van der Waals surface area contributed by atoms with Gasteiger partial charge in [0.15, 0.2) is 0 Å². The van der Waals surface area contributed by atoms with E-state index in [1.807, 2.05) is 0 Å². The minimum absolute atomic E-state index is 0.838. The molecule has 0 aliphatic carbocycles. The van der Waals surface area contributed by atoms with Crippen LogP contribution in [0.25, 0.3) is 0 Å². The lowest BCUT2D eigenvalue weighted by atomic mass is 10.2. The molecule has 1 aliphatic heterocycles. The topological polar surface area (TPSA) is 12.5 Å². The van der Waals surface area contributed by atoms with Crippen molar-refractivity contribution in [3.05, 3.63) is 0 Å². The Balaban J connectivity index is 2.20. The van der Waals surface area contributed by atoms with E-state index in [-0.39, 0.29) is 0 Å². The molecule has 0 aromatic rings. The summed E-state index contributed by atoms with van der Waals surface area (Å²) in [7, 11) is 1.77. The highest BCUT2D eigenvalue weighted by Gasteiger charge is 2.21. The van der Waals surface area contributed by atoms with Crippen LogP contribution >= 0.6 is 0 Å². The molecule has 0 amide bonds. The van der Waals surface area contributed by atoms with Crippen LogP contribution in [0.4, 0.5) is 0 Å². The molecule has 1 heterocycles. The Morgan fingerprint density at radius 3 is 3.00 bits per heavy atom. The van der Waals surface area contributed by atoms with E-state index >= 15 is 0 Å². The van der Waals surface area contributed by atoms with Crippen LogP contribution in [0.5, 0.6) is 0 Å². The number of hydrogen-bond acceptors (Lipinski definition) is 2. The highest BCUT2D eigenvalue weighted by Crippen LogP contribution is 2.18. The predicted molar refractivity (Wildman–Crippen MR) is 46.8 cm³/mol. The number of methoxy groups -OCH3 is 1. The molecule has 2 nitrogen and oxygen atoms in total. The second-order valence-electron chi connectivity index (χ2n) is 3.23. The van der Waals surface area contributed by atoms with Gasteiger partial charge in [-0.1, -0.05) is 6.92 Å². The van der Waals surface area contributed by atoms with E-state index in [1.54, 1.807) is 7.11 Å². The van der Waals surface area contributed by atoms with Crippen molar-refractivity contribution in [2.24, 2.45) is 0 Å². The Morgan fingerprint density at radius 2 is 2.36 bits per heavy atom. The zero-order chi connectivity index (χ0) is 8.10. The largest absolute Gasteiger partial charge is 0.383 e. The molecule has 0 bridgehead atoms. The van der Waals surface area contributed by atoms with E-state index in [4.69, 9.17) is 4.74 Å². The molecule has 1 saturated heterocycles. The van der Waals surface area contributed by atoms with Gasteiger partial charge >= 0.3 is 0 Å². The average molecular weight is 157 g/mol. The first-order valence-electron chi connectivity index (χ1n) is 4.61. The third-order valence-electron chi connectivity index (χ3n) is 2.55. The van der Waals surface area contributed by atoms with Gasteiger partial charge in [0, 0.05) is 19.7 Å². The first-order chi connectivity index (χ1) is 5.38. The predicted octanol–water partition coefficient (Wildman–Crippen LogP) is 1.51. The maximum absolute atomic E-state index is 5.05. The highest BCUT2D eigenvalue weighted by molar-refractivity contribution is 4.77. The van der Waals surface area contributed by atoms with Gasteiger partial charge < -0.3 is 4.74 Å². The van der Waals surface area contributed by atoms with Crippen LogP contribution in [-0.2, 0) is 4.74 Å². The lowest BCUT2D eigenvalue weighted by Crippen LogP contribution is -2.31. The molecule has 1 aliphatic rings. The van der Waals surface area contributed by atoms with Gasteiger partial charge in [-0.05, 0) is 25.8 Å². The van der Waals surface area contributed by atoms with E-state index in [2.05, 4.69) is 11.8 Å². The molecule has 1 atom stereocenters. The monoisotopic (exact) mass is 157 g/mol. The van der Waals surface area contributed by atoms with Crippen LogP contribution in [0.15, 0.2) is 0 Å². The van der Waals surface area contributed by atoms with Gasteiger partial charge in [0.1, 0.15) is 0 Å². The van der Waals surface area contributed by atoms with E-state index < -0.39 is 0 Å². The molecule has 0 unspecified atom stereocenters. The van der Waals surface area contributed by atoms with Crippen LogP contribution in [0.3, 0.4) is 0 Å². The van der Waals surface area contributed by atoms with Crippen molar-refractivity contribution in [2.45, 2.75) is 32.2 Å². The SMILES string of the molecule is CC[C@@H]1CCCN1CCOC. The summed E-state index contributed by atoms with van der Waals surface area (Å²) < 4.78 is 5.05. The maximum atomic E-state index is 5.05. The average Bonchev–Trinajstić information content (AvgIpc) is 2.47. The van der Waals surface area contributed by atoms with Gasteiger partial charge in [-0.3, -0.25) is 4.90 Å². The minimum Gasteiger partial charge on any atom is -0.383 e. The molecule has 1 rings (SSSR count). The van der Waals surface area contributed by atoms with Crippen molar-refractivity contribution in [3.8, 4) is 0 Å². The number of nitrogens with zero attached hydrogens (tertiary/aromatic N) is 1. The molecule has 0 aromatic heterocycles. The minimum atomic E-state index is 0.838. The van der Waals surface area contributed by atoms with E-state index in [1.165, 1.54) is 25.8 Å². The van der Waals surface area contributed by atoms with Gasteiger partial charge in [-0.15, -0.1) is 0 Å². The molecule has 1 fully saturated rings. The van der Waals surface area contributed by atoms with Crippen molar-refractivity contribution < 1.29 is 4.74 Å². The molecule has 66 valence electrons. The molecule has 0 aromatic carbocycles. The first-order valence-corrected chi connectivity index (χ1v) is 4.61. The number of likely N-dealkylation sites (tertiary alicyclic amines) is 1. The summed E-state index contributed by atoms with van der Waals surface area (Å²) in [6, 6.07) is 0.838. The number of hydrogen-bond donors (Lipinski definition) is 0. The summed E-state index contributed by atoms with van der Waals surface area (Å²) >= 11 is 0. The molecule has 0 radical (unpaired) electrons. The molecular weight excluding hydrogens is 138 g/mol. The van der Waals surface area contributed by atoms with Crippen molar-refractivity contribution in [1.29, 1.82) is 0 Å². The van der Waals surface area contributed by atoms with Crippen LogP contribution in [0, 0.1) is 0 Å². The summed E-state index contributed by atoms with van der Waals surface area (Å²) in [6.07, 6.45) is 4.06. The van der Waals surface area contributed by atoms with Gasteiger partial charge in [0.25, 0.3) is 0 Å². The Morgan fingerprint density at radius 1 is 1.55 bits per heavy atom. The Kier molecular flexibility index (Phi) is 3.87. The van der Waals surface area contributed by atoms with Crippen molar-refractivity contribution >= 4 is 0 Å². The van der Waals surface area contributed by atoms with Crippen molar-refractivity contribution in [3.63, 3.8) is 0 Å². The van der Waals surface area contributed by atoms with E-state index in [0.29, 0.717) is 0 Å². The number of rotatable bonds is 4. The Labute approximate surface area is 69.5 Å². The third kappa shape index (κ3) is 2.46. The summed E-state index contributed by atoms with van der Waals surface area (Å²) in [5.41, 5.74) is 0. The molecule has 0 spiro atoms. The van der Waals surface area contributed by atoms with Crippen LogP contribution in [-0.4, -0.2) is 37.7 Å². The third-order valence-corrected chi connectivity index (χ3v) is 2.55. The normalized spacial score (nSPS) is 26.2. The quantitative estimate of drug-likeness (QED) is 0.613. The summed E-state index contributed by atoms with van der Waals surface area (Å²) in [6.45, 7) is 5.56. The Bertz CT molecular complexity index is 106. The second-order valence-corrected chi connectivity index (χ2v) is 3.23. The summed E-state index contributed by atoms with van der Waals surface area (Å²) in [4.78, 5) is 2.55. The molecule has 11 heavy (non-hydrogen) atoms. The zero-order valence-corrected chi connectivity index (χ0v) is 7.68. The smallest absolute Gasteiger partial charge is 0.0589 e. The fourth-order valence-corrected chi connectivity index (χ4v) is 1.86. The fraction of sp³-hybridized carbons (Fsp3) is 1.00. The van der Waals surface area contributed by atoms with Crippen molar-refractivity contribution in [2.75, 3.05) is 26.8 Å². The van der Waals surface area contributed by atoms with Crippen molar-refractivity contribution in [1.82, 2.24) is 4.90 Å². The van der Waals surface area contributed by atoms with Gasteiger partial charge in [0.05, 0.1) is 6.61 Å². The van der Waals surface area contributed by atoms with Crippen LogP contribution in [0.2, 0.25) is 0 Å². The van der Waals surface area contributed by atoms with Gasteiger partial charge in [0.2, 0.25) is 0 Å².